The molecule has 1 aliphatic carbocycles. The molecule has 1 saturated heterocycles. The molecule has 1 saturated carbocycles. The lowest BCUT2D eigenvalue weighted by Crippen LogP contribution is -2.53. The first-order valence-corrected chi connectivity index (χ1v) is 7.27. The molecule has 3 heteroatoms. The standard InChI is InChI=1S/C14H28N2O/c1-11-6-3-4-7-12(11)16(2)13(10-15)14-8-5-9-17-14/h11-14H,3-10,15H2,1-2H3. The van der Waals surface area contributed by atoms with Crippen LogP contribution in [0.1, 0.15) is 45.4 Å². The van der Waals surface area contributed by atoms with Crippen LogP contribution in [0.2, 0.25) is 0 Å². The van der Waals surface area contributed by atoms with Crippen LogP contribution >= 0.6 is 0 Å². The fraction of sp³-hybridized carbons (Fsp3) is 1.00. The maximum atomic E-state index is 5.98. The van der Waals surface area contributed by atoms with Gasteiger partial charge in [-0.25, -0.2) is 0 Å². The van der Waals surface area contributed by atoms with Gasteiger partial charge >= 0.3 is 0 Å². The predicted molar refractivity (Wildman–Crippen MR) is 71.0 cm³/mol. The van der Waals surface area contributed by atoms with E-state index in [2.05, 4.69) is 18.9 Å². The first kappa shape index (κ1) is 13.3. The predicted octanol–water partition coefficient (Wildman–Crippen LogP) is 2.00. The summed E-state index contributed by atoms with van der Waals surface area (Å²) in [6.45, 7) is 4.04. The Bertz CT molecular complexity index is 228. The molecule has 0 aromatic rings. The van der Waals surface area contributed by atoms with Crippen LogP contribution in [0.4, 0.5) is 0 Å². The number of nitrogens with zero attached hydrogens (tertiary/aromatic N) is 1. The number of rotatable bonds is 4. The fourth-order valence-corrected chi connectivity index (χ4v) is 3.63. The topological polar surface area (TPSA) is 38.5 Å². The van der Waals surface area contributed by atoms with Crippen molar-refractivity contribution in [2.24, 2.45) is 11.7 Å². The van der Waals surface area contributed by atoms with Gasteiger partial charge in [-0.15, -0.1) is 0 Å². The van der Waals surface area contributed by atoms with Crippen LogP contribution in [0.5, 0.6) is 0 Å². The van der Waals surface area contributed by atoms with Gasteiger partial charge in [-0.05, 0) is 38.6 Å². The molecule has 0 amide bonds. The smallest absolute Gasteiger partial charge is 0.0743 e. The Hall–Kier alpha value is -0.120. The molecular formula is C14H28N2O. The minimum atomic E-state index is 0.374. The van der Waals surface area contributed by atoms with Crippen LogP contribution in [-0.4, -0.2) is 43.3 Å². The van der Waals surface area contributed by atoms with E-state index in [0.29, 0.717) is 18.2 Å². The monoisotopic (exact) mass is 240 g/mol. The summed E-state index contributed by atoms with van der Waals surface area (Å²) < 4.78 is 5.83. The van der Waals surface area contributed by atoms with Gasteiger partial charge in [0.05, 0.1) is 6.10 Å². The van der Waals surface area contributed by atoms with Crippen LogP contribution in [0, 0.1) is 5.92 Å². The van der Waals surface area contributed by atoms with Gasteiger partial charge < -0.3 is 10.5 Å². The molecule has 2 N–H and O–H groups in total. The highest BCUT2D eigenvalue weighted by Crippen LogP contribution is 2.30. The molecule has 0 bridgehead atoms. The van der Waals surface area contributed by atoms with Crippen LogP contribution in [0.25, 0.3) is 0 Å². The molecule has 1 aliphatic heterocycles. The van der Waals surface area contributed by atoms with Crippen molar-refractivity contribution in [3.8, 4) is 0 Å². The van der Waals surface area contributed by atoms with Gasteiger partial charge in [-0.2, -0.15) is 0 Å². The van der Waals surface area contributed by atoms with Crippen LogP contribution < -0.4 is 5.73 Å². The molecule has 1 heterocycles. The second-order valence-corrected chi connectivity index (χ2v) is 5.85. The number of hydrogen-bond donors (Lipinski definition) is 1. The summed E-state index contributed by atoms with van der Waals surface area (Å²) >= 11 is 0. The molecule has 2 rings (SSSR count). The molecule has 0 aromatic heterocycles. The van der Waals surface area contributed by atoms with Crippen molar-refractivity contribution in [1.82, 2.24) is 4.90 Å². The average Bonchev–Trinajstić information content (AvgIpc) is 2.84. The quantitative estimate of drug-likeness (QED) is 0.817. The summed E-state index contributed by atoms with van der Waals surface area (Å²) in [5.41, 5.74) is 5.98. The van der Waals surface area contributed by atoms with E-state index in [1.807, 2.05) is 0 Å². The first-order chi connectivity index (χ1) is 8.24. The second kappa shape index (κ2) is 6.17. The summed E-state index contributed by atoms with van der Waals surface area (Å²) in [7, 11) is 2.26. The molecule has 0 radical (unpaired) electrons. The molecular weight excluding hydrogens is 212 g/mol. The molecule has 2 aliphatic rings. The highest BCUT2D eigenvalue weighted by molar-refractivity contribution is 4.89. The third-order valence-corrected chi connectivity index (χ3v) is 4.75. The zero-order chi connectivity index (χ0) is 12.3. The number of ether oxygens (including phenoxy) is 1. The summed E-state index contributed by atoms with van der Waals surface area (Å²) in [5, 5.41) is 0. The molecule has 0 spiro atoms. The largest absolute Gasteiger partial charge is 0.377 e. The zero-order valence-electron chi connectivity index (χ0n) is 11.4. The van der Waals surface area contributed by atoms with E-state index >= 15 is 0 Å². The maximum Gasteiger partial charge on any atom is 0.0743 e. The summed E-state index contributed by atoms with van der Waals surface area (Å²) in [6, 6.07) is 1.13. The minimum absolute atomic E-state index is 0.374. The third-order valence-electron chi connectivity index (χ3n) is 4.75. The van der Waals surface area contributed by atoms with Crippen molar-refractivity contribution in [3.63, 3.8) is 0 Å². The molecule has 4 atom stereocenters. The van der Waals surface area contributed by atoms with Gasteiger partial charge in [0.2, 0.25) is 0 Å². The summed E-state index contributed by atoms with van der Waals surface area (Å²) in [4.78, 5) is 2.53. The van der Waals surface area contributed by atoms with Gasteiger partial charge in [0.15, 0.2) is 0 Å². The molecule has 2 fully saturated rings. The van der Waals surface area contributed by atoms with Crippen molar-refractivity contribution < 1.29 is 4.74 Å². The van der Waals surface area contributed by atoms with Crippen LogP contribution in [0.3, 0.4) is 0 Å². The molecule has 100 valence electrons. The van der Waals surface area contributed by atoms with E-state index in [1.165, 1.54) is 38.5 Å². The van der Waals surface area contributed by atoms with Gasteiger partial charge in [0.25, 0.3) is 0 Å². The normalized spacial score (nSPS) is 36.4. The lowest BCUT2D eigenvalue weighted by molar-refractivity contribution is 0.00246. The van der Waals surface area contributed by atoms with E-state index in [4.69, 9.17) is 10.5 Å². The number of nitrogens with two attached hydrogens (primary N) is 1. The molecule has 4 unspecified atom stereocenters. The Morgan fingerprint density at radius 3 is 2.59 bits per heavy atom. The van der Waals surface area contributed by atoms with Gasteiger partial charge in [0.1, 0.15) is 0 Å². The van der Waals surface area contributed by atoms with Crippen LogP contribution in [-0.2, 0) is 4.74 Å². The van der Waals surface area contributed by atoms with Gasteiger partial charge in [-0.1, -0.05) is 19.8 Å². The average molecular weight is 240 g/mol. The molecule has 0 aromatic carbocycles. The molecule has 17 heavy (non-hydrogen) atoms. The SMILES string of the molecule is CC1CCCCC1N(C)C(CN)C1CCCO1. The first-order valence-electron chi connectivity index (χ1n) is 7.27. The summed E-state index contributed by atoms with van der Waals surface area (Å²) in [5.74, 6) is 0.809. The van der Waals surface area contributed by atoms with Crippen molar-refractivity contribution in [1.29, 1.82) is 0 Å². The Labute approximate surface area is 106 Å². The highest BCUT2D eigenvalue weighted by Gasteiger charge is 2.34. The van der Waals surface area contributed by atoms with Gasteiger partial charge in [0, 0.05) is 25.2 Å². The van der Waals surface area contributed by atoms with Crippen molar-refractivity contribution >= 4 is 0 Å². The number of hydrogen-bond acceptors (Lipinski definition) is 3. The lowest BCUT2D eigenvalue weighted by Gasteiger charge is -2.42. The van der Waals surface area contributed by atoms with Gasteiger partial charge in [-0.3, -0.25) is 4.90 Å². The lowest BCUT2D eigenvalue weighted by atomic mass is 9.84. The van der Waals surface area contributed by atoms with Crippen molar-refractivity contribution in [2.45, 2.75) is 63.6 Å². The Morgan fingerprint density at radius 1 is 1.24 bits per heavy atom. The molecule has 3 nitrogen and oxygen atoms in total. The maximum absolute atomic E-state index is 5.98. The Morgan fingerprint density at radius 2 is 2.00 bits per heavy atom. The minimum Gasteiger partial charge on any atom is -0.377 e. The Kier molecular flexibility index (Phi) is 4.83. The van der Waals surface area contributed by atoms with Crippen molar-refractivity contribution in [2.75, 3.05) is 20.2 Å². The third kappa shape index (κ3) is 3.01. The summed E-state index contributed by atoms with van der Waals surface area (Å²) in [6.07, 6.45) is 8.25. The van der Waals surface area contributed by atoms with Crippen molar-refractivity contribution in [3.05, 3.63) is 0 Å². The number of likely N-dealkylation sites (N-methyl/N-ethyl adjacent to an activating group) is 1. The van der Waals surface area contributed by atoms with E-state index in [-0.39, 0.29) is 0 Å². The zero-order valence-corrected chi connectivity index (χ0v) is 11.4. The van der Waals surface area contributed by atoms with Crippen LogP contribution in [0.15, 0.2) is 0 Å². The van der Waals surface area contributed by atoms with E-state index in [1.54, 1.807) is 0 Å². The van der Waals surface area contributed by atoms with E-state index in [0.717, 1.165) is 19.1 Å². The fourth-order valence-electron chi connectivity index (χ4n) is 3.63. The Balaban J connectivity index is 1.97. The van der Waals surface area contributed by atoms with E-state index in [9.17, 15) is 0 Å². The highest BCUT2D eigenvalue weighted by atomic mass is 16.5. The van der Waals surface area contributed by atoms with E-state index < -0.39 is 0 Å². The second-order valence-electron chi connectivity index (χ2n) is 5.85.